The Morgan fingerprint density at radius 3 is 2.71 bits per heavy atom. The molecule has 4 heteroatoms. The van der Waals surface area contributed by atoms with E-state index < -0.39 is 0 Å². The Labute approximate surface area is 107 Å². The predicted octanol–water partition coefficient (Wildman–Crippen LogP) is 4.12. The van der Waals surface area contributed by atoms with Crippen molar-refractivity contribution in [3.8, 4) is 0 Å². The lowest BCUT2D eigenvalue weighted by Crippen LogP contribution is -2.25. The molecule has 0 aromatic carbocycles. The molecule has 80 valence electrons. The van der Waals surface area contributed by atoms with Gasteiger partial charge in [-0.25, -0.2) is 0 Å². The fourth-order valence-electron chi connectivity index (χ4n) is 1.35. The van der Waals surface area contributed by atoms with Gasteiger partial charge in [-0.3, -0.25) is 4.90 Å². The first kappa shape index (κ1) is 12.7. The first-order valence-corrected chi connectivity index (χ1v) is 7.57. The summed E-state index contributed by atoms with van der Waals surface area (Å²) in [5.41, 5.74) is 0. The van der Waals surface area contributed by atoms with Crippen molar-refractivity contribution in [2.24, 2.45) is 0 Å². The Bertz CT molecular complexity index is 256. The van der Waals surface area contributed by atoms with E-state index >= 15 is 0 Å². The molecular formula is C10H15Br2NS. The van der Waals surface area contributed by atoms with E-state index in [1.165, 1.54) is 22.3 Å². The van der Waals surface area contributed by atoms with Crippen LogP contribution in [-0.2, 0) is 6.54 Å². The summed E-state index contributed by atoms with van der Waals surface area (Å²) in [7, 11) is 0. The lowest BCUT2D eigenvalue weighted by Gasteiger charge is -2.19. The van der Waals surface area contributed by atoms with Crippen LogP contribution in [0.15, 0.2) is 15.9 Å². The number of halogens is 2. The van der Waals surface area contributed by atoms with Crippen molar-refractivity contribution < 1.29 is 0 Å². The second kappa shape index (κ2) is 6.99. The second-order valence-corrected chi connectivity index (χ2v) is 5.80. The second-order valence-electron chi connectivity index (χ2n) is 3.16. The smallest absolute Gasteiger partial charge is 0.0339 e. The largest absolute Gasteiger partial charge is 0.297 e. The monoisotopic (exact) mass is 339 g/mol. The molecule has 0 fully saturated rings. The SMILES string of the molecule is CCCN(CCBr)Cc1sccc1Br. The molecule has 0 aliphatic rings. The summed E-state index contributed by atoms with van der Waals surface area (Å²) in [5.74, 6) is 0. The van der Waals surface area contributed by atoms with Crippen molar-refractivity contribution in [1.82, 2.24) is 4.90 Å². The number of thiophene rings is 1. The van der Waals surface area contributed by atoms with Crippen LogP contribution in [0.4, 0.5) is 0 Å². The topological polar surface area (TPSA) is 3.24 Å². The highest BCUT2D eigenvalue weighted by Crippen LogP contribution is 2.24. The summed E-state index contributed by atoms with van der Waals surface area (Å²) in [4.78, 5) is 3.91. The van der Waals surface area contributed by atoms with Gasteiger partial charge in [-0.2, -0.15) is 0 Å². The molecule has 0 atom stereocenters. The Hall–Kier alpha value is 0.620. The molecular weight excluding hydrogens is 326 g/mol. The van der Waals surface area contributed by atoms with Crippen molar-refractivity contribution in [2.75, 3.05) is 18.4 Å². The minimum absolute atomic E-state index is 1.05. The summed E-state index contributed by atoms with van der Waals surface area (Å²) < 4.78 is 1.25. The average molecular weight is 341 g/mol. The minimum Gasteiger partial charge on any atom is -0.297 e. The molecule has 0 aliphatic heterocycles. The molecule has 1 aromatic rings. The third-order valence-corrected chi connectivity index (χ3v) is 4.26. The van der Waals surface area contributed by atoms with E-state index in [1.54, 1.807) is 0 Å². The lowest BCUT2D eigenvalue weighted by molar-refractivity contribution is 0.286. The van der Waals surface area contributed by atoms with Crippen LogP contribution in [0.2, 0.25) is 0 Å². The molecule has 0 saturated heterocycles. The van der Waals surface area contributed by atoms with Gasteiger partial charge in [-0.15, -0.1) is 11.3 Å². The van der Waals surface area contributed by atoms with Crippen LogP contribution in [-0.4, -0.2) is 23.3 Å². The zero-order chi connectivity index (χ0) is 10.4. The standard InChI is InChI=1S/C10H15Br2NS/c1-2-5-13(6-4-11)8-10-9(12)3-7-14-10/h3,7H,2,4-6,8H2,1H3. The first-order valence-electron chi connectivity index (χ1n) is 4.78. The van der Waals surface area contributed by atoms with Crippen molar-refractivity contribution in [2.45, 2.75) is 19.9 Å². The maximum atomic E-state index is 3.57. The van der Waals surface area contributed by atoms with Gasteiger partial charge in [0.1, 0.15) is 0 Å². The van der Waals surface area contributed by atoms with Gasteiger partial charge >= 0.3 is 0 Å². The lowest BCUT2D eigenvalue weighted by atomic mass is 10.3. The Balaban J connectivity index is 2.50. The number of hydrogen-bond acceptors (Lipinski definition) is 2. The van der Waals surface area contributed by atoms with E-state index in [4.69, 9.17) is 0 Å². The zero-order valence-corrected chi connectivity index (χ0v) is 12.3. The van der Waals surface area contributed by atoms with Gasteiger partial charge in [0.05, 0.1) is 0 Å². The molecule has 1 rings (SSSR count). The molecule has 0 N–H and O–H groups in total. The molecule has 0 spiro atoms. The van der Waals surface area contributed by atoms with Crippen LogP contribution in [0.1, 0.15) is 18.2 Å². The average Bonchev–Trinajstić information content (AvgIpc) is 2.53. The van der Waals surface area contributed by atoms with E-state index in [0.29, 0.717) is 0 Å². The summed E-state index contributed by atoms with van der Waals surface area (Å²) in [6.45, 7) is 5.59. The van der Waals surface area contributed by atoms with Crippen molar-refractivity contribution >= 4 is 43.2 Å². The van der Waals surface area contributed by atoms with Gasteiger partial charge in [0.15, 0.2) is 0 Å². The number of rotatable bonds is 6. The fourth-order valence-corrected chi connectivity index (χ4v) is 3.37. The van der Waals surface area contributed by atoms with E-state index in [2.05, 4.69) is 55.1 Å². The van der Waals surface area contributed by atoms with Crippen LogP contribution in [0.3, 0.4) is 0 Å². The normalized spacial score (nSPS) is 11.1. The number of alkyl halides is 1. The maximum absolute atomic E-state index is 3.57. The van der Waals surface area contributed by atoms with E-state index in [-0.39, 0.29) is 0 Å². The molecule has 0 radical (unpaired) electrons. The first-order chi connectivity index (χ1) is 6.77. The van der Waals surface area contributed by atoms with Gasteiger partial charge < -0.3 is 0 Å². The summed E-state index contributed by atoms with van der Waals surface area (Å²) >= 11 is 8.89. The molecule has 1 nitrogen and oxygen atoms in total. The third-order valence-electron chi connectivity index (χ3n) is 2.00. The van der Waals surface area contributed by atoms with Crippen molar-refractivity contribution in [1.29, 1.82) is 0 Å². The van der Waals surface area contributed by atoms with Crippen LogP contribution in [0, 0.1) is 0 Å². The van der Waals surface area contributed by atoms with Crippen LogP contribution in [0.5, 0.6) is 0 Å². The summed E-state index contributed by atoms with van der Waals surface area (Å²) in [5, 5.41) is 3.19. The van der Waals surface area contributed by atoms with Gasteiger partial charge in [-0.1, -0.05) is 22.9 Å². The predicted molar refractivity (Wildman–Crippen MR) is 71.4 cm³/mol. The van der Waals surface area contributed by atoms with Crippen molar-refractivity contribution in [3.05, 3.63) is 20.8 Å². The summed E-state index contributed by atoms with van der Waals surface area (Å²) in [6.07, 6.45) is 1.22. The van der Waals surface area contributed by atoms with E-state index in [9.17, 15) is 0 Å². The molecule has 0 amide bonds. The Kier molecular flexibility index (Phi) is 6.33. The molecule has 0 saturated carbocycles. The van der Waals surface area contributed by atoms with Gasteiger partial charge in [0.2, 0.25) is 0 Å². The molecule has 1 aromatic heterocycles. The van der Waals surface area contributed by atoms with Gasteiger partial charge in [0.25, 0.3) is 0 Å². The quantitative estimate of drug-likeness (QED) is 0.704. The van der Waals surface area contributed by atoms with Gasteiger partial charge in [-0.05, 0) is 40.3 Å². The highest BCUT2D eigenvalue weighted by atomic mass is 79.9. The van der Waals surface area contributed by atoms with Gasteiger partial charge in [0, 0.05) is 27.8 Å². The van der Waals surface area contributed by atoms with Crippen molar-refractivity contribution in [3.63, 3.8) is 0 Å². The zero-order valence-electron chi connectivity index (χ0n) is 8.30. The molecule has 1 heterocycles. The number of hydrogen-bond donors (Lipinski definition) is 0. The number of nitrogens with zero attached hydrogens (tertiary/aromatic N) is 1. The fraction of sp³-hybridized carbons (Fsp3) is 0.600. The van der Waals surface area contributed by atoms with E-state index in [1.807, 2.05) is 11.3 Å². The van der Waals surface area contributed by atoms with Crippen LogP contribution in [0.25, 0.3) is 0 Å². The van der Waals surface area contributed by atoms with Crippen LogP contribution < -0.4 is 0 Å². The highest BCUT2D eigenvalue weighted by molar-refractivity contribution is 9.10. The minimum atomic E-state index is 1.05. The Morgan fingerprint density at radius 2 is 2.21 bits per heavy atom. The van der Waals surface area contributed by atoms with Crippen LogP contribution >= 0.6 is 43.2 Å². The maximum Gasteiger partial charge on any atom is 0.0339 e. The molecule has 0 aliphatic carbocycles. The molecule has 14 heavy (non-hydrogen) atoms. The summed E-state index contributed by atoms with van der Waals surface area (Å²) in [6, 6.07) is 2.12. The highest BCUT2D eigenvalue weighted by Gasteiger charge is 2.07. The van der Waals surface area contributed by atoms with E-state index in [0.717, 1.165) is 18.4 Å². The molecule has 0 unspecified atom stereocenters. The molecule has 0 bridgehead atoms. The Morgan fingerprint density at radius 1 is 1.43 bits per heavy atom. The third kappa shape index (κ3) is 4.01.